The third-order valence-electron chi connectivity index (χ3n) is 4.18. The highest BCUT2D eigenvalue weighted by molar-refractivity contribution is 5.96. The SMILES string of the molecule is CN1CCCCC1CNC(=O)c1cc2cc(N)ccc2o1. The van der Waals surface area contributed by atoms with Crippen molar-refractivity contribution in [3.05, 3.63) is 30.0 Å². The lowest BCUT2D eigenvalue weighted by Crippen LogP contribution is -2.44. The van der Waals surface area contributed by atoms with Crippen molar-refractivity contribution in [3.63, 3.8) is 0 Å². The number of rotatable bonds is 3. The topological polar surface area (TPSA) is 71.5 Å². The van der Waals surface area contributed by atoms with Gasteiger partial charge in [-0.25, -0.2) is 0 Å². The molecule has 1 unspecified atom stereocenters. The van der Waals surface area contributed by atoms with E-state index in [4.69, 9.17) is 10.2 Å². The molecule has 21 heavy (non-hydrogen) atoms. The third-order valence-corrected chi connectivity index (χ3v) is 4.18. The van der Waals surface area contributed by atoms with Gasteiger partial charge in [0.25, 0.3) is 5.91 Å². The number of nitrogen functional groups attached to an aromatic ring is 1. The molecule has 0 aliphatic carbocycles. The number of nitrogens with two attached hydrogens (primary N) is 1. The molecule has 1 aliphatic heterocycles. The molecule has 2 heterocycles. The van der Waals surface area contributed by atoms with Crippen molar-refractivity contribution in [1.82, 2.24) is 10.2 Å². The smallest absolute Gasteiger partial charge is 0.287 e. The van der Waals surface area contributed by atoms with Crippen LogP contribution in [0.5, 0.6) is 0 Å². The molecular weight excluding hydrogens is 266 g/mol. The average molecular weight is 287 g/mol. The molecular formula is C16H21N3O2. The van der Waals surface area contributed by atoms with Crippen molar-refractivity contribution in [2.45, 2.75) is 25.3 Å². The lowest BCUT2D eigenvalue weighted by atomic mass is 10.0. The molecule has 112 valence electrons. The number of fused-ring (bicyclic) bond motifs is 1. The van der Waals surface area contributed by atoms with Crippen LogP contribution in [-0.2, 0) is 0 Å². The second kappa shape index (κ2) is 5.77. The molecule has 1 aromatic heterocycles. The lowest BCUT2D eigenvalue weighted by Gasteiger charge is -2.32. The first kappa shape index (κ1) is 13.9. The standard InChI is InChI=1S/C16H21N3O2/c1-19-7-3-2-4-13(19)10-18-16(20)15-9-11-8-12(17)5-6-14(11)21-15/h5-6,8-9,13H,2-4,7,10,17H2,1H3,(H,18,20). The van der Waals surface area contributed by atoms with Gasteiger partial charge in [-0.1, -0.05) is 6.42 Å². The summed E-state index contributed by atoms with van der Waals surface area (Å²) in [5.74, 6) is 0.179. The van der Waals surface area contributed by atoms with Gasteiger partial charge in [0, 0.05) is 23.7 Å². The molecule has 1 saturated heterocycles. The van der Waals surface area contributed by atoms with E-state index in [1.165, 1.54) is 12.8 Å². The second-order valence-electron chi connectivity index (χ2n) is 5.75. The van der Waals surface area contributed by atoms with Gasteiger partial charge >= 0.3 is 0 Å². The van der Waals surface area contributed by atoms with Crippen molar-refractivity contribution in [1.29, 1.82) is 0 Å². The van der Waals surface area contributed by atoms with E-state index < -0.39 is 0 Å². The normalized spacial score (nSPS) is 19.8. The number of anilines is 1. The number of furan rings is 1. The Kier molecular flexibility index (Phi) is 3.84. The van der Waals surface area contributed by atoms with Crippen LogP contribution in [0.15, 0.2) is 28.7 Å². The van der Waals surface area contributed by atoms with E-state index >= 15 is 0 Å². The van der Waals surface area contributed by atoms with Crippen LogP contribution >= 0.6 is 0 Å². The molecule has 0 spiro atoms. The largest absolute Gasteiger partial charge is 0.451 e. The number of carbonyl (C=O) groups excluding carboxylic acids is 1. The summed E-state index contributed by atoms with van der Waals surface area (Å²) in [6, 6.07) is 7.53. The minimum Gasteiger partial charge on any atom is -0.451 e. The molecule has 1 atom stereocenters. The Hall–Kier alpha value is -2.01. The Balaban J connectivity index is 1.66. The molecule has 1 amide bonds. The Morgan fingerprint density at radius 3 is 3.10 bits per heavy atom. The fraction of sp³-hybridized carbons (Fsp3) is 0.438. The molecule has 1 fully saturated rings. The van der Waals surface area contributed by atoms with Crippen molar-refractivity contribution >= 4 is 22.6 Å². The molecule has 5 heteroatoms. The van der Waals surface area contributed by atoms with Crippen molar-refractivity contribution in [2.24, 2.45) is 0 Å². The van der Waals surface area contributed by atoms with E-state index in [1.54, 1.807) is 18.2 Å². The molecule has 1 aliphatic rings. The number of hydrogen-bond donors (Lipinski definition) is 2. The zero-order chi connectivity index (χ0) is 14.8. The van der Waals surface area contributed by atoms with Gasteiger partial charge in [-0.05, 0) is 50.7 Å². The number of nitrogens with zero attached hydrogens (tertiary/aromatic N) is 1. The number of likely N-dealkylation sites (N-methyl/N-ethyl adjacent to an activating group) is 1. The van der Waals surface area contributed by atoms with Crippen LogP contribution in [0.3, 0.4) is 0 Å². The van der Waals surface area contributed by atoms with E-state index in [1.807, 2.05) is 6.07 Å². The highest BCUT2D eigenvalue weighted by atomic mass is 16.3. The van der Waals surface area contributed by atoms with Crippen LogP contribution in [0.4, 0.5) is 5.69 Å². The molecule has 0 bridgehead atoms. The highest BCUT2D eigenvalue weighted by Crippen LogP contribution is 2.22. The summed E-state index contributed by atoms with van der Waals surface area (Å²) in [5.41, 5.74) is 7.08. The molecule has 0 radical (unpaired) electrons. The van der Waals surface area contributed by atoms with Gasteiger partial charge < -0.3 is 20.4 Å². The quantitative estimate of drug-likeness (QED) is 0.849. The summed E-state index contributed by atoms with van der Waals surface area (Å²) < 4.78 is 5.57. The molecule has 3 rings (SSSR count). The summed E-state index contributed by atoms with van der Waals surface area (Å²) in [4.78, 5) is 14.5. The number of likely N-dealkylation sites (tertiary alicyclic amines) is 1. The van der Waals surface area contributed by atoms with Crippen LogP contribution in [0, 0.1) is 0 Å². The summed E-state index contributed by atoms with van der Waals surface area (Å²) in [7, 11) is 2.11. The van der Waals surface area contributed by atoms with Gasteiger partial charge in [0.2, 0.25) is 0 Å². The van der Waals surface area contributed by atoms with Gasteiger partial charge in [-0.3, -0.25) is 4.79 Å². The first-order valence-electron chi connectivity index (χ1n) is 7.41. The van der Waals surface area contributed by atoms with E-state index in [2.05, 4.69) is 17.3 Å². The monoisotopic (exact) mass is 287 g/mol. The van der Waals surface area contributed by atoms with Crippen LogP contribution in [0.2, 0.25) is 0 Å². The highest BCUT2D eigenvalue weighted by Gasteiger charge is 2.20. The summed E-state index contributed by atoms with van der Waals surface area (Å²) in [6.45, 7) is 1.76. The maximum Gasteiger partial charge on any atom is 0.287 e. The minimum atomic E-state index is -0.163. The first-order chi connectivity index (χ1) is 10.1. The average Bonchev–Trinajstić information content (AvgIpc) is 2.89. The Morgan fingerprint density at radius 1 is 1.43 bits per heavy atom. The van der Waals surface area contributed by atoms with Crippen molar-refractivity contribution < 1.29 is 9.21 Å². The molecule has 0 saturated carbocycles. The Bertz CT molecular complexity index is 650. The number of amides is 1. The van der Waals surface area contributed by atoms with E-state index in [0.29, 0.717) is 29.6 Å². The second-order valence-corrected chi connectivity index (χ2v) is 5.75. The predicted molar refractivity (Wildman–Crippen MR) is 83.2 cm³/mol. The number of benzene rings is 1. The van der Waals surface area contributed by atoms with Gasteiger partial charge in [0.1, 0.15) is 5.58 Å². The first-order valence-corrected chi connectivity index (χ1v) is 7.41. The fourth-order valence-corrected chi connectivity index (χ4v) is 2.87. The number of carbonyl (C=O) groups is 1. The molecule has 1 aromatic carbocycles. The van der Waals surface area contributed by atoms with Gasteiger partial charge in [-0.2, -0.15) is 0 Å². The van der Waals surface area contributed by atoms with Crippen molar-refractivity contribution in [3.8, 4) is 0 Å². The van der Waals surface area contributed by atoms with Crippen LogP contribution in [-0.4, -0.2) is 37.0 Å². The molecule has 3 N–H and O–H groups in total. The number of hydrogen-bond acceptors (Lipinski definition) is 4. The maximum absolute atomic E-state index is 12.2. The Morgan fingerprint density at radius 2 is 2.29 bits per heavy atom. The van der Waals surface area contributed by atoms with Gasteiger partial charge in [0.15, 0.2) is 5.76 Å². The van der Waals surface area contributed by atoms with Gasteiger partial charge in [0.05, 0.1) is 0 Å². The van der Waals surface area contributed by atoms with Crippen LogP contribution < -0.4 is 11.1 Å². The number of piperidine rings is 1. The Labute approximate surface area is 124 Å². The van der Waals surface area contributed by atoms with Crippen molar-refractivity contribution in [2.75, 3.05) is 25.9 Å². The van der Waals surface area contributed by atoms with E-state index in [0.717, 1.165) is 18.4 Å². The van der Waals surface area contributed by atoms with E-state index in [9.17, 15) is 4.79 Å². The summed E-state index contributed by atoms with van der Waals surface area (Å²) >= 11 is 0. The summed E-state index contributed by atoms with van der Waals surface area (Å²) in [6.07, 6.45) is 3.61. The number of nitrogens with one attached hydrogen (secondary N) is 1. The minimum absolute atomic E-state index is 0.163. The summed E-state index contributed by atoms with van der Waals surface area (Å²) in [5, 5.41) is 3.83. The third kappa shape index (κ3) is 3.03. The van der Waals surface area contributed by atoms with E-state index in [-0.39, 0.29) is 5.91 Å². The fourth-order valence-electron chi connectivity index (χ4n) is 2.87. The maximum atomic E-state index is 12.2. The molecule has 5 nitrogen and oxygen atoms in total. The zero-order valence-electron chi connectivity index (χ0n) is 12.3. The van der Waals surface area contributed by atoms with Gasteiger partial charge in [-0.15, -0.1) is 0 Å². The zero-order valence-corrected chi connectivity index (χ0v) is 12.3. The molecule has 2 aromatic rings. The lowest BCUT2D eigenvalue weighted by molar-refractivity contribution is 0.0903. The van der Waals surface area contributed by atoms with Crippen LogP contribution in [0.25, 0.3) is 11.0 Å². The van der Waals surface area contributed by atoms with Crippen LogP contribution in [0.1, 0.15) is 29.8 Å². The predicted octanol–water partition coefficient (Wildman–Crippen LogP) is 2.23.